The van der Waals surface area contributed by atoms with Crippen molar-refractivity contribution in [3.8, 4) is 0 Å². The van der Waals surface area contributed by atoms with Gasteiger partial charge >= 0.3 is 0 Å². The van der Waals surface area contributed by atoms with Gasteiger partial charge in [-0.2, -0.15) is 0 Å². The predicted octanol–water partition coefficient (Wildman–Crippen LogP) is 3.12. The zero-order chi connectivity index (χ0) is 19.6. The molecule has 1 aromatic carbocycles. The summed E-state index contributed by atoms with van der Waals surface area (Å²) < 4.78 is 13.0. The molecule has 0 aliphatic carbocycles. The zero-order valence-corrected chi connectivity index (χ0v) is 16.7. The van der Waals surface area contributed by atoms with Gasteiger partial charge in [0.1, 0.15) is 10.7 Å². The Morgan fingerprint density at radius 2 is 1.70 bits per heavy atom. The first kappa shape index (κ1) is 19.5. The van der Waals surface area contributed by atoms with Gasteiger partial charge in [0.15, 0.2) is 0 Å². The minimum atomic E-state index is -0.264. The summed E-state index contributed by atoms with van der Waals surface area (Å²) in [5.74, 6) is -0.172. The lowest BCUT2D eigenvalue weighted by molar-refractivity contribution is -0.135. The Hall–Kier alpha value is -2.28. The molecule has 3 rings (SSSR count). The van der Waals surface area contributed by atoms with Crippen LogP contribution >= 0.6 is 11.3 Å². The van der Waals surface area contributed by atoms with Gasteiger partial charge in [-0.05, 0) is 24.6 Å². The number of carbonyl (C=O) groups excluding carboxylic acids is 2. The van der Waals surface area contributed by atoms with Crippen LogP contribution in [0.25, 0.3) is 0 Å². The maximum Gasteiger partial charge on any atom is 0.265 e. The third-order valence-corrected chi connectivity index (χ3v) is 5.82. The van der Waals surface area contributed by atoms with Gasteiger partial charge in [0.2, 0.25) is 5.91 Å². The summed E-state index contributed by atoms with van der Waals surface area (Å²) in [4.78, 5) is 33.8. The highest BCUT2D eigenvalue weighted by molar-refractivity contribution is 7.13. The van der Waals surface area contributed by atoms with Gasteiger partial charge in [0, 0.05) is 38.5 Å². The molecule has 1 aliphatic rings. The maximum atomic E-state index is 13.0. The number of hydrogen-bond donors (Lipinski definition) is 0. The minimum absolute atomic E-state index is 0.0213. The van der Waals surface area contributed by atoms with Crippen molar-refractivity contribution in [2.75, 3.05) is 26.2 Å². The Balaban J connectivity index is 1.65. The molecule has 0 radical (unpaired) electrons. The van der Waals surface area contributed by atoms with Gasteiger partial charge in [0.25, 0.3) is 5.91 Å². The van der Waals surface area contributed by atoms with Crippen molar-refractivity contribution in [2.24, 2.45) is 5.92 Å². The fourth-order valence-electron chi connectivity index (χ4n) is 3.14. The standard InChI is InChI=1S/C20H24FN3O2S/c1-13(2)19(25)23-8-10-24(11-9-23)20(26)18-14(3)22-17(27-18)12-15-4-6-16(21)7-5-15/h4-7,13H,8-12H2,1-3H3. The van der Waals surface area contributed by atoms with E-state index < -0.39 is 0 Å². The number of rotatable bonds is 4. The average Bonchev–Trinajstić information content (AvgIpc) is 3.02. The number of hydrogen-bond acceptors (Lipinski definition) is 4. The number of aryl methyl sites for hydroxylation is 1. The van der Waals surface area contributed by atoms with E-state index in [0.717, 1.165) is 16.3 Å². The Labute approximate surface area is 162 Å². The van der Waals surface area contributed by atoms with Crippen LogP contribution < -0.4 is 0 Å². The molecule has 0 saturated carbocycles. The van der Waals surface area contributed by atoms with E-state index >= 15 is 0 Å². The zero-order valence-electron chi connectivity index (χ0n) is 15.9. The van der Waals surface area contributed by atoms with Crippen molar-refractivity contribution in [1.82, 2.24) is 14.8 Å². The third kappa shape index (κ3) is 4.53. The van der Waals surface area contributed by atoms with Crippen LogP contribution in [0.2, 0.25) is 0 Å². The van der Waals surface area contributed by atoms with E-state index in [1.807, 2.05) is 25.7 Å². The molecule has 0 spiro atoms. The third-order valence-electron chi connectivity index (χ3n) is 4.68. The number of nitrogens with zero attached hydrogens (tertiary/aromatic N) is 3. The Bertz CT molecular complexity index is 824. The molecule has 1 aromatic heterocycles. The van der Waals surface area contributed by atoms with Gasteiger partial charge in [-0.3, -0.25) is 9.59 Å². The molecular weight excluding hydrogens is 365 g/mol. The number of carbonyl (C=O) groups is 2. The van der Waals surface area contributed by atoms with E-state index in [4.69, 9.17) is 0 Å². The van der Waals surface area contributed by atoms with Gasteiger partial charge in [-0.15, -0.1) is 11.3 Å². The monoisotopic (exact) mass is 389 g/mol. The molecule has 5 nitrogen and oxygen atoms in total. The molecule has 0 N–H and O–H groups in total. The van der Waals surface area contributed by atoms with Crippen LogP contribution in [0, 0.1) is 18.7 Å². The summed E-state index contributed by atoms with van der Waals surface area (Å²) in [6, 6.07) is 6.33. The Morgan fingerprint density at radius 3 is 2.30 bits per heavy atom. The predicted molar refractivity (Wildman–Crippen MR) is 103 cm³/mol. The van der Waals surface area contributed by atoms with Crippen LogP contribution in [-0.2, 0) is 11.2 Å². The van der Waals surface area contributed by atoms with Crippen molar-refractivity contribution < 1.29 is 14.0 Å². The molecule has 0 unspecified atom stereocenters. The second kappa shape index (κ2) is 8.17. The number of amides is 2. The molecule has 1 aliphatic heterocycles. The molecule has 1 saturated heterocycles. The molecule has 27 heavy (non-hydrogen) atoms. The summed E-state index contributed by atoms with van der Waals surface area (Å²) in [5.41, 5.74) is 1.69. The fourth-order valence-corrected chi connectivity index (χ4v) is 4.21. The quantitative estimate of drug-likeness (QED) is 0.807. The number of piperazine rings is 1. The molecule has 2 aromatic rings. The Morgan fingerprint density at radius 1 is 1.11 bits per heavy atom. The van der Waals surface area contributed by atoms with Gasteiger partial charge < -0.3 is 9.80 Å². The summed E-state index contributed by atoms with van der Waals surface area (Å²) in [5, 5.41) is 0.844. The van der Waals surface area contributed by atoms with Crippen LogP contribution in [-0.4, -0.2) is 52.8 Å². The lowest BCUT2D eigenvalue weighted by atomic mass is 10.1. The molecule has 144 valence electrons. The van der Waals surface area contributed by atoms with Crippen molar-refractivity contribution in [1.29, 1.82) is 0 Å². The highest BCUT2D eigenvalue weighted by Crippen LogP contribution is 2.23. The second-order valence-electron chi connectivity index (χ2n) is 7.10. The summed E-state index contributed by atoms with van der Waals surface area (Å²) >= 11 is 1.40. The van der Waals surface area contributed by atoms with Gasteiger partial charge in [-0.1, -0.05) is 26.0 Å². The molecule has 1 fully saturated rings. The summed E-state index contributed by atoms with van der Waals surface area (Å²) in [6.07, 6.45) is 0.579. The van der Waals surface area contributed by atoms with Crippen molar-refractivity contribution in [2.45, 2.75) is 27.2 Å². The molecule has 0 bridgehead atoms. The van der Waals surface area contributed by atoms with Crippen molar-refractivity contribution >= 4 is 23.2 Å². The van der Waals surface area contributed by atoms with Crippen molar-refractivity contribution in [3.63, 3.8) is 0 Å². The number of aromatic nitrogens is 1. The summed E-state index contributed by atoms with van der Waals surface area (Å²) in [7, 11) is 0. The highest BCUT2D eigenvalue weighted by atomic mass is 32.1. The van der Waals surface area contributed by atoms with E-state index in [0.29, 0.717) is 37.5 Å². The van der Waals surface area contributed by atoms with Gasteiger partial charge in [0.05, 0.1) is 10.7 Å². The minimum Gasteiger partial charge on any atom is -0.339 e. The van der Waals surface area contributed by atoms with Crippen molar-refractivity contribution in [3.05, 3.63) is 51.2 Å². The van der Waals surface area contributed by atoms with Crippen LogP contribution in [0.5, 0.6) is 0 Å². The maximum absolute atomic E-state index is 13.0. The van der Waals surface area contributed by atoms with E-state index in [1.165, 1.54) is 23.5 Å². The molecule has 0 atom stereocenters. The lowest BCUT2D eigenvalue weighted by Gasteiger charge is -2.35. The SMILES string of the molecule is Cc1nc(Cc2ccc(F)cc2)sc1C(=O)N1CCN(C(=O)C(C)C)CC1. The average molecular weight is 389 g/mol. The lowest BCUT2D eigenvalue weighted by Crippen LogP contribution is -2.51. The van der Waals surface area contributed by atoms with Crippen LogP contribution in [0.4, 0.5) is 4.39 Å². The smallest absolute Gasteiger partial charge is 0.265 e. The number of thiazole rings is 1. The fraction of sp³-hybridized carbons (Fsp3) is 0.450. The Kier molecular flexibility index (Phi) is 5.89. The van der Waals surface area contributed by atoms with Crippen LogP contribution in [0.15, 0.2) is 24.3 Å². The topological polar surface area (TPSA) is 53.5 Å². The first-order valence-corrected chi connectivity index (χ1v) is 9.95. The molecule has 7 heteroatoms. The van der Waals surface area contributed by atoms with E-state index in [9.17, 15) is 14.0 Å². The van der Waals surface area contributed by atoms with E-state index in [2.05, 4.69) is 4.98 Å². The van der Waals surface area contributed by atoms with E-state index in [-0.39, 0.29) is 23.5 Å². The highest BCUT2D eigenvalue weighted by Gasteiger charge is 2.28. The molecular formula is C20H24FN3O2S. The molecule has 2 amide bonds. The normalized spacial score (nSPS) is 14.7. The number of benzene rings is 1. The largest absolute Gasteiger partial charge is 0.339 e. The first-order chi connectivity index (χ1) is 12.8. The molecule has 2 heterocycles. The van der Waals surface area contributed by atoms with Crippen LogP contribution in [0.1, 0.15) is 39.8 Å². The van der Waals surface area contributed by atoms with Crippen LogP contribution in [0.3, 0.4) is 0 Å². The van der Waals surface area contributed by atoms with E-state index in [1.54, 1.807) is 17.0 Å². The summed E-state index contributed by atoms with van der Waals surface area (Å²) in [6.45, 7) is 7.86. The number of halogens is 1. The van der Waals surface area contributed by atoms with Gasteiger partial charge in [-0.25, -0.2) is 9.37 Å². The second-order valence-corrected chi connectivity index (χ2v) is 8.18. The first-order valence-electron chi connectivity index (χ1n) is 9.14.